The predicted octanol–water partition coefficient (Wildman–Crippen LogP) is 9.40. The number of benzene rings is 5. The van der Waals surface area contributed by atoms with Crippen molar-refractivity contribution in [1.82, 2.24) is 4.57 Å². The van der Waals surface area contributed by atoms with Crippen LogP contribution in [0.15, 0.2) is 103 Å². The summed E-state index contributed by atoms with van der Waals surface area (Å²) in [5.74, 6) is 0. The highest BCUT2D eigenvalue weighted by molar-refractivity contribution is 6.15. The van der Waals surface area contributed by atoms with E-state index >= 15 is 0 Å². The lowest BCUT2D eigenvalue weighted by atomic mass is 9.68. The number of fused-ring (bicyclic) bond motifs is 1. The summed E-state index contributed by atoms with van der Waals surface area (Å²) in [6.45, 7) is 9.59. The first-order valence-electron chi connectivity index (χ1n) is 13.3. The van der Waals surface area contributed by atoms with E-state index in [4.69, 9.17) is 0 Å². The number of nitrogens with zero attached hydrogens (tertiary/aromatic N) is 1. The van der Waals surface area contributed by atoms with Gasteiger partial charge in [0.2, 0.25) is 0 Å². The molecule has 0 bridgehead atoms. The maximum absolute atomic E-state index is 2.60. The molecule has 0 fully saturated rings. The fraction of sp³-hybridized carbons (Fsp3) is 0.167. The molecule has 0 radical (unpaired) electrons. The molecular weight excluding hydrogens is 446 g/mol. The van der Waals surface area contributed by atoms with Gasteiger partial charge in [-0.05, 0) is 56.6 Å². The van der Waals surface area contributed by atoms with Crippen molar-refractivity contribution in [2.45, 2.75) is 38.5 Å². The molecule has 5 aromatic carbocycles. The van der Waals surface area contributed by atoms with Gasteiger partial charge < -0.3 is 4.57 Å². The van der Waals surface area contributed by atoms with Crippen molar-refractivity contribution in [3.63, 3.8) is 0 Å². The molecule has 0 N–H and O–H groups in total. The van der Waals surface area contributed by atoms with Gasteiger partial charge in [0.15, 0.2) is 0 Å². The monoisotopic (exact) mass is 475 g/mol. The zero-order chi connectivity index (χ0) is 25.1. The highest BCUT2D eigenvalue weighted by Crippen LogP contribution is 2.55. The second-order valence-electron chi connectivity index (χ2n) is 11.9. The van der Waals surface area contributed by atoms with E-state index in [1.54, 1.807) is 0 Å². The maximum atomic E-state index is 2.60. The summed E-state index contributed by atoms with van der Waals surface area (Å²) < 4.78 is 2.60. The van der Waals surface area contributed by atoms with E-state index in [1.807, 2.05) is 0 Å². The van der Waals surface area contributed by atoms with Gasteiger partial charge >= 0.3 is 0 Å². The predicted molar refractivity (Wildman–Crippen MR) is 156 cm³/mol. The van der Waals surface area contributed by atoms with E-state index in [-0.39, 0.29) is 10.8 Å². The number of rotatable bonds is 2. The smallest absolute Gasteiger partial charge is 0.0582 e. The molecule has 0 saturated heterocycles. The highest BCUT2D eigenvalue weighted by atomic mass is 15.0. The molecule has 1 heteroatoms. The van der Waals surface area contributed by atoms with Gasteiger partial charge in [-0.2, -0.15) is 0 Å². The third kappa shape index (κ3) is 2.54. The van der Waals surface area contributed by atoms with Gasteiger partial charge in [-0.3, -0.25) is 0 Å². The molecule has 0 saturated carbocycles. The van der Waals surface area contributed by atoms with Crippen molar-refractivity contribution >= 4 is 21.8 Å². The standard InChI is InChI=1S/C36H29N/c1-35(2)28-13-8-12-26-27-20-25(24-18-16-23(17-19-24)22-10-6-5-7-11-22)21-31-33(27)37(32(26)28)34-29(35)14-9-15-30(34)36(31,3)4/h5-21H,1-4H3. The number of hydrogen-bond donors (Lipinski definition) is 0. The van der Waals surface area contributed by atoms with E-state index in [0.29, 0.717) is 0 Å². The summed E-state index contributed by atoms with van der Waals surface area (Å²) in [5.41, 5.74) is 14.8. The molecule has 2 aliphatic rings. The largest absolute Gasteiger partial charge is 0.308 e. The fourth-order valence-corrected chi connectivity index (χ4v) is 7.13. The van der Waals surface area contributed by atoms with Crippen LogP contribution >= 0.6 is 0 Å². The minimum Gasteiger partial charge on any atom is -0.308 e. The van der Waals surface area contributed by atoms with Crippen molar-refractivity contribution in [1.29, 1.82) is 0 Å². The Kier molecular flexibility index (Phi) is 3.87. The van der Waals surface area contributed by atoms with Gasteiger partial charge in [-0.15, -0.1) is 0 Å². The Balaban J connectivity index is 1.46. The van der Waals surface area contributed by atoms with E-state index in [1.165, 1.54) is 72.0 Å². The van der Waals surface area contributed by atoms with Crippen LogP contribution in [0, 0.1) is 0 Å². The number of para-hydroxylation sites is 2. The molecule has 8 rings (SSSR count). The van der Waals surface area contributed by atoms with Crippen molar-refractivity contribution in [3.8, 4) is 27.9 Å². The highest BCUT2D eigenvalue weighted by Gasteiger charge is 2.43. The maximum Gasteiger partial charge on any atom is 0.0582 e. The second-order valence-corrected chi connectivity index (χ2v) is 11.9. The first kappa shape index (κ1) is 21.0. The fourth-order valence-electron chi connectivity index (χ4n) is 7.13. The van der Waals surface area contributed by atoms with Crippen LogP contribution < -0.4 is 0 Å². The average molecular weight is 476 g/mol. The second kappa shape index (κ2) is 6.81. The molecule has 0 spiro atoms. The average Bonchev–Trinajstić information content (AvgIpc) is 3.26. The van der Waals surface area contributed by atoms with E-state index < -0.39 is 0 Å². The quantitative estimate of drug-likeness (QED) is 0.235. The Hall–Kier alpha value is -4.10. The Bertz CT molecular complexity index is 1900. The van der Waals surface area contributed by atoms with Crippen molar-refractivity contribution in [2.24, 2.45) is 0 Å². The SMILES string of the molecule is CC1(C)c2cccc3c2-n2c4c1cccc4c1cc(-c4ccc(-c5ccccc5)cc4)cc(c12)C3(C)C. The summed E-state index contributed by atoms with van der Waals surface area (Å²) in [5, 5.41) is 2.73. The van der Waals surface area contributed by atoms with Crippen molar-refractivity contribution < 1.29 is 0 Å². The summed E-state index contributed by atoms with van der Waals surface area (Å²) in [4.78, 5) is 0. The summed E-state index contributed by atoms with van der Waals surface area (Å²) in [7, 11) is 0. The normalized spacial score (nSPS) is 16.0. The van der Waals surface area contributed by atoms with Gasteiger partial charge in [-0.1, -0.05) is 119 Å². The molecule has 1 nitrogen and oxygen atoms in total. The Morgan fingerprint density at radius 2 is 0.973 bits per heavy atom. The van der Waals surface area contributed by atoms with Gasteiger partial charge in [-0.25, -0.2) is 0 Å². The minimum atomic E-state index is -0.0957. The van der Waals surface area contributed by atoms with Crippen LogP contribution in [0.4, 0.5) is 0 Å². The molecule has 37 heavy (non-hydrogen) atoms. The summed E-state index contributed by atoms with van der Waals surface area (Å²) in [6.07, 6.45) is 0. The van der Waals surface area contributed by atoms with E-state index in [0.717, 1.165) is 0 Å². The van der Waals surface area contributed by atoms with Crippen LogP contribution in [0.25, 0.3) is 49.7 Å². The molecule has 0 atom stereocenters. The van der Waals surface area contributed by atoms with E-state index in [2.05, 4.69) is 135 Å². The summed E-state index contributed by atoms with van der Waals surface area (Å²) >= 11 is 0. The molecule has 0 amide bonds. The first-order valence-corrected chi connectivity index (χ1v) is 13.3. The molecule has 3 heterocycles. The van der Waals surface area contributed by atoms with Gasteiger partial charge in [0.1, 0.15) is 0 Å². The van der Waals surface area contributed by atoms with Crippen LogP contribution in [-0.4, -0.2) is 4.57 Å². The Labute approximate surface area is 218 Å². The third-order valence-corrected chi connectivity index (χ3v) is 9.16. The third-order valence-electron chi connectivity index (χ3n) is 9.16. The lowest BCUT2D eigenvalue weighted by molar-refractivity contribution is 0.594. The van der Waals surface area contributed by atoms with Crippen LogP contribution in [0.5, 0.6) is 0 Å². The lowest BCUT2D eigenvalue weighted by Crippen LogP contribution is -2.33. The molecule has 6 aromatic rings. The Morgan fingerprint density at radius 3 is 1.68 bits per heavy atom. The first-order chi connectivity index (χ1) is 17.9. The van der Waals surface area contributed by atoms with E-state index in [9.17, 15) is 0 Å². The van der Waals surface area contributed by atoms with Gasteiger partial charge in [0, 0.05) is 21.6 Å². The van der Waals surface area contributed by atoms with Crippen molar-refractivity contribution in [2.75, 3.05) is 0 Å². The summed E-state index contributed by atoms with van der Waals surface area (Å²) in [6, 6.07) is 38.5. The van der Waals surface area contributed by atoms with Crippen molar-refractivity contribution in [3.05, 3.63) is 125 Å². The molecule has 0 unspecified atom stereocenters. The van der Waals surface area contributed by atoms with Crippen LogP contribution in [-0.2, 0) is 10.8 Å². The van der Waals surface area contributed by atoms with Crippen LogP contribution in [0.2, 0.25) is 0 Å². The number of aromatic nitrogens is 1. The molecule has 178 valence electrons. The van der Waals surface area contributed by atoms with Gasteiger partial charge in [0.05, 0.1) is 16.7 Å². The molecule has 1 aromatic heterocycles. The zero-order valence-corrected chi connectivity index (χ0v) is 21.8. The zero-order valence-electron chi connectivity index (χ0n) is 21.8. The minimum absolute atomic E-state index is 0.0427. The van der Waals surface area contributed by atoms with Gasteiger partial charge in [0.25, 0.3) is 0 Å². The van der Waals surface area contributed by atoms with Crippen LogP contribution in [0.3, 0.4) is 0 Å². The topological polar surface area (TPSA) is 4.93 Å². The lowest BCUT2D eigenvalue weighted by Gasteiger charge is -2.42. The molecule has 2 aliphatic heterocycles. The molecule has 0 aliphatic carbocycles. The number of hydrogen-bond acceptors (Lipinski definition) is 0. The van der Waals surface area contributed by atoms with Crippen LogP contribution in [0.1, 0.15) is 49.9 Å². The Morgan fingerprint density at radius 1 is 0.432 bits per heavy atom. The molecular formula is C36H29N.